The number of ketones is 1. The highest BCUT2D eigenvalue weighted by Crippen LogP contribution is 2.45. The highest BCUT2D eigenvalue weighted by molar-refractivity contribution is 7.14. The number of carbonyl (C=O) groups is 2. The van der Waals surface area contributed by atoms with Gasteiger partial charge in [0.2, 0.25) is 5.78 Å². The number of aromatic hydroxyl groups is 1. The van der Waals surface area contributed by atoms with Gasteiger partial charge in [-0.05, 0) is 55.8 Å². The number of rotatable bonds is 6. The van der Waals surface area contributed by atoms with Gasteiger partial charge in [-0.1, -0.05) is 42.5 Å². The van der Waals surface area contributed by atoms with Crippen LogP contribution in [0, 0.1) is 13.8 Å². The van der Waals surface area contributed by atoms with Crippen LogP contribution in [-0.2, 0) is 4.79 Å². The molecule has 0 radical (unpaired) electrons. The normalized spacial score (nSPS) is 15.4. The summed E-state index contributed by atoms with van der Waals surface area (Å²) >= 11 is 1.21. The first-order valence-corrected chi connectivity index (χ1v) is 12.0. The Morgan fingerprint density at radius 2 is 1.64 bits per heavy atom. The van der Waals surface area contributed by atoms with Gasteiger partial charge in [-0.15, -0.1) is 11.3 Å². The average molecular weight is 499 g/mol. The van der Waals surface area contributed by atoms with Crippen LogP contribution in [0.25, 0.3) is 0 Å². The number of ether oxygens (including phenoxy) is 1. The van der Waals surface area contributed by atoms with Crippen LogP contribution in [0.3, 0.4) is 0 Å². The second-order valence-corrected chi connectivity index (χ2v) is 9.50. The van der Waals surface area contributed by atoms with Gasteiger partial charge < -0.3 is 14.9 Å². The number of thiazole rings is 1. The zero-order valence-electron chi connectivity index (χ0n) is 19.5. The molecule has 4 aromatic rings. The van der Waals surface area contributed by atoms with Crippen molar-refractivity contribution in [1.29, 1.82) is 0 Å². The van der Waals surface area contributed by atoms with Crippen molar-refractivity contribution in [1.82, 2.24) is 4.98 Å². The van der Waals surface area contributed by atoms with Crippen LogP contribution in [0.4, 0.5) is 5.69 Å². The van der Waals surface area contributed by atoms with Crippen LogP contribution in [0.1, 0.15) is 32.0 Å². The quantitative estimate of drug-likeness (QED) is 0.314. The number of hydrogen-bond acceptors (Lipinski definition) is 7. The van der Waals surface area contributed by atoms with Crippen molar-refractivity contribution < 1.29 is 24.5 Å². The molecule has 180 valence electrons. The molecule has 1 aliphatic rings. The molecule has 0 saturated carbocycles. The molecule has 0 bridgehead atoms. The maximum Gasteiger partial charge on any atom is 0.294 e. The zero-order valence-corrected chi connectivity index (χ0v) is 20.3. The lowest BCUT2D eigenvalue weighted by Crippen LogP contribution is -2.31. The van der Waals surface area contributed by atoms with Gasteiger partial charge in [0.1, 0.15) is 17.2 Å². The lowest BCUT2D eigenvalue weighted by atomic mass is 9.94. The Morgan fingerprint density at radius 1 is 0.944 bits per heavy atom. The third kappa shape index (κ3) is 4.12. The summed E-state index contributed by atoms with van der Waals surface area (Å²) in [6.45, 7) is 3.51. The molecular weight excluding hydrogens is 476 g/mol. The van der Waals surface area contributed by atoms with Crippen molar-refractivity contribution in [2.75, 3.05) is 4.90 Å². The molecule has 2 heterocycles. The highest BCUT2D eigenvalue weighted by Gasteiger charge is 2.46. The van der Waals surface area contributed by atoms with Gasteiger partial charge in [-0.25, -0.2) is 4.98 Å². The molecule has 3 aromatic carbocycles. The first kappa shape index (κ1) is 23.3. The highest BCUT2D eigenvalue weighted by atomic mass is 32.1. The Kier molecular flexibility index (Phi) is 6.03. The van der Waals surface area contributed by atoms with Crippen LogP contribution in [0.15, 0.2) is 90.2 Å². The number of nitrogens with zero attached hydrogens (tertiary/aromatic N) is 2. The van der Waals surface area contributed by atoms with Crippen LogP contribution in [0.5, 0.6) is 17.2 Å². The number of aromatic nitrogens is 1. The van der Waals surface area contributed by atoms with Crippen molar-refractivity contribution in [3.8, 4) is 17.2 Å². The first-order chi connectivity index (χ1) is 17.3. The maximum absolute atomic E-state index is 13.7. The summed E-state index contributed by atoms with van der Waals surface area (Å²) in [4.78, 5) is 33.0. The minimum absolute atomic E-state index is 0.0770. The van der Waals surface area contributed by atoms with E-state index in [2.05, 4.69) is 4.98 Å². The molecule has 1 aliphatic heterocycles. The fourth-order valence-corrected chi connectivity index (χ4v) is 5.18. The maximum atomic E-state index is 13.7. The minimum atomic E-state index is -1.00. The summed E-state index contributed by atoms with van der Waals surface area (Å²) in [5.41, 5.74) is 1.16. The van der Waals surface area contributed by atoms with Gasteiger partial charge in [-0.3, -0.25) is 14.5 Å². The van der Waals surface area contributed by atoms with Crippen molar-refractivity contribution in [3.63, 3.8) is 0 Å². The fourth-order valence-electron chi connectivity index (χ4n) is 4.31. The molecule has 2 N–H and O–H groups in total. The van der Waals surface area contributed by atoms with E-state index < -0.39 is 23.5 Å². The lowest BCUT2D eigenvalue weighted by molar-refractivity contribution is -0.117. The Labute approximate surface area is 211 Å². The van der Waals surface area contributed by atoms with E-state index in [9.17, 15) is 19.8 Å². The van der Waals surface area contributed by atoms with Crippen molar-refractivity contribution >= 4 is 28.7 Å². The number of amides is 1. The Balaban J connectivity index is 1.65. The largest absolute Gasteiger partial charge is 0.506 e. The lowest BCUT2D eigenvalue weighted by Gasteiger charge is -2.27. The van der Waals surface area contributed by atoms with E-state index in [1.54, 1.807) is 56.3 Å². The number of benzene rings is 3. The molecule has 5 rings (SSSR count). The third-order valence-corrected chi connectivity index (χ3v) is 6.93. The van der Waals surface area contributed by atoms with E-state index in [4.69, 9.17) is 4.74 Å². The second kappa shape index (κ2) is 9.31. The van der Waals surface area contributed by atoms with Gasteiger partial charge in [0, 0.05) is 0 Å². The number of aliphatic hydroxyl groups excluding tert-OH is 1. The molecular formula is C28H22N2O5S. The summed E-state index contributed by atoms with van der Waals surface area (Å²) in [7, 11) is 0. The molecule has 0 saturated heterocycles. The SMILES string of the molecule is Cc1nc(C)c(C(=O)C2=C(O)C(=O)N(c3ccccc3O)C2c2cccc(Oc3ccccc3)c2)s1. The van der Waals surface area contributed by atoms with Gasteiger partial charge in [0.15, 0.2) is 5.76 Å². The van der Waals surface area contributed by atoms with E-state index in [0.29, 0.717) is 32.6 Å². The molecule has 1 aromatic heterocycles. The molecule has 1 unspecified atom stereocenters. The summed E-state index contributed by atoms with van der Waals surface area (Å²) in [6, 6.07) is 21.5. The number of aliphatic hydroxyl groups is 1. The van der Waals surface area contributed by atoms with Crippen molar-refractivity contribution in [2.45, 2.75) is 19.9 Å². The van der Waals surface area contributed by atoms with Crippen molar-refractivity contribution in [3.05, 3.63) is 111 Å². The molecule has 1 amide bonds. The molecule has 0 spiro atoms. The third-order valence-electron chi connectivity index (χ3n) is 5.86. The molecule has 0 aliphatic carbocycles. The monoisotopic (exact) mass is 498 g/mol. The minimum Gasteiger partial charge on any atom is -0.506 e. The molecule has 0 fully saturated rings. The fraction of sp³-hybridized carbons (Fsp3) is 0.107. The number of Topliss-reactive ketones (excluding diaryl/α,β-unsaturated/α-hetero) is 1. The number of hydrogen-bond donors (Lipinski definition) is 2. The number of para-hydroxylation sites is 3. The standard InChI is InChI=1S/C28H22N2O5S/c1-16-27(36-17(2)29-16)25(32)23-24(30(28(34)26(23)33)21-13-6-7-14-22(21)31)18-9-8-12-20(15-18)35-19-10-4-3-5-11-19/h3-15,24,31,33H,1-2H3. The number of aryl methyl sites for hydroxylation is 2. The van der Waals surface area contributed by atoms with Gasteiger partial charge >= 0.3 is 0 Å². The van der Waals surface area contributed by atoms with E-state index in [1.165, 1.54) is 22.3 Å². The molecule has 36 heavy (non-hydrogen) atoms. The summed E-state index contributed by atoms with van der Waals surface area (Å²) < 4.78 is 5.98. The van der Waals surface area contributed by atoms with Gasteiger partial charge in [0.25, 0.3) is 5.91 Å². The van der Waals surface area contributed by atoms with Crippen LogP contribution >= 0.6 is 11.3 Å². The van der Waals surface area contributed by atoms with E-state index in [1.807, 2.05) is 30.3 Å². The smallest absolute Gasteiger partial charge is 0.294 e. The van der Waals surface area contributed by atoms with E-state index in [-0.39, 0.29) is 17.0 Å². The molecule has 8 heteroatoms. The predicted octanol–water partition coefficient (Wildman–Crippen LogP) is 6.04. The Morgan fingerprint density at radius 3 is 2.33 bits per heavy atom. The number of carbonyl (C=O) groups excluding carboxylic acids is 2. The van der Waals surface area contributed by atoms with Gasteiger partial charge in [0.05, 0.1) is 32.9 Å². The van der Waals surface area contributed by atoms with Crippen LogP contribution in [0.2, 0.25) is 0 Å². The topological polar surface area (TPSA) is 100.0 Å². The average Bonchev–Trinajstić information content (AvgIpc) is 3.35. The predicted molar refractivity (Wildman–Crippen MR) is 137 cm³/mol. The number of anilines is 1. The Bertz CT molecular complexity index is 1510. The summed E-state index contributed by atoms with van der Waals surface area (Å²) in [6.07, 6.45) is 0. The summed E-state index contributed by atoms with van der Waals surface area (Å²) in [5, 5.41) is 22.3. The first-order valence-electron chi connectivity index (χ1n) is 11.2. The Hall–Kier alpha value is -4.43. The summed E-state index contributed by atoms with van der Waals surface area (Å²) in [5.74, 6) is -0.960. The number of phenols is 1. The van der Waals surface area contributed by atoms with Gasteiger partial charge in [-0.2, -0.15) is 0 Å². The zero-order chi connectivity index (χ0) is 25.4. The van der Waals surface area contributed by atoms with Crippen molar-refractivity contribution in [2.24, 2.45) is 0 Å². The second-order valence-electron chi connectivity index (χ2n) is 8.29. The van der Waals surface area contributed by atoms with Crippen LogP contribution < -0.4 is 9.64 Å². The van der Waals surface area contributed by atoms with E-state index >= 15 is 0 Å². The van der Waals surface area contributed by atoms with Crippen LogP contribution in [-0.4, -0.2) is 26.9 Å². The van der Waals surface area contributed by atoms with E-state index in [0.717, 1.165) is 0 Å². The molecule has 1 atom stereocenters. The molecule has 7 nitrogen and oxygen atoms in total. The number of phenolic OH excluding ortho intramolecular Hbond substituents is 1.